The third kappa shape index (κ3) is 2.79. The van der Waals surface area contributed by atoms with Crippen molar-refractivity contribution in [2.75, 3.05) is 5.32 Å². The SMILES string of the molecule is Cc1cnc(C)c(Nc2ccc(CN)cc2)n1. The lowest BCUT2D eigenvalue weighted by atomic mass is 10.2. The Balaban J connectivity index is 2.22. The number of nitrogens with zero attached hydrogens (tertiary/aromatic N) is 2. The summed E-state index contributed by atoms with van der Waals surface area (Å²) in [7, 11) is 0. The van der Waals surface area contributed by atoms with E-state index in [1.165, 1.54) is 0 Å². The zero-order valence-corrected chi connectivity index (χ0v) is 10.1. The van der Waals surface area contributed by atoms with Crippen molar-refractivity contribution in [3.63, 3.8) is 0 Å². The summed E-state index contributed by atoms with van der Waals surface area (Å²) in [5.41, 5.74) is 9.45. The number of rotatable bonds is 3. The summed E-state index contributed by atoms with van der Waals surface area (Å²) < 4.78 is 0. The van der Waals surface area contributed by atoms with Gasteiger partial charge in [-0.3, -0.25) is 4.98 Å². The van der Waals surface area contributed by atoms with E-state index in [9.17, 15) is 0 Å². The summed E-state index contributed by atoms with van der Waals surface area (Å²) in [6.07, 6.45) is 1.76. The first-order valence-corrected chi connectivity index (χ1v) is 5.55. The average Bonchev–Trinajstić information content (AvgIpc) is 2.35. The van der Waals surface area contributed by atoms with Crippen molar-refractivity contribution in [1.82, 2.24) is 9.97 Å². The third-order valence-electron chi connectivity index (χ3n) is 2.53. The maximum absolute atomic E-state index is 5.55. The van der Waals surface area contributed by atoms with Gasteiger partial charge in [-0.1, -0.05) is 12.1 Å². The molecule has 3 N–H and O–H groups in total. The van der Waals surface area contributed by atoms with Crippen LogP contribution in [0.5, 0.6) is 0 Å². The zero-order valence-electron chi connectivity index (χ0n) is 10.1. The van der Waals surface area contributed by atoms with Crippen LogP contribution < -0.4 is 11.1 Å². The van der Waals surface area contributed by atoms with Crippen LogP contribution >= 0.6 is 0 Å². The molecule has 0 aliphatic heterocycles. The van der Waals surface area contributed by atoms with E-state index in [0.717, 1.165) is 28.5 Å². The maximum Gasteiger partial charge on any atom is 0.152 e. The molecule has 0 radical (unpaired) electrons. The fraction of sp³-hybridized carbons (Fsp3) is 0.231. The van der Waals surface area contributed by atoms with Crippen molar-refractivity contribution in [2.24, 2.45) is 5.73 Å². The van der Waals surface area contributed by atoms with Crippen LogP contribution in [-0.2, 0) is 6.54 Å². The molecule has 0 spiro atoms. The molecule has 0 bridgehead atoms. The summed E-state index contributed by atoms with van der Waals surface area (Å²) in [6, 6.07) is 7.99. The van der Waals surface area contributed by atoms with E-state index >= 15 is 0 Å². The van der Waals surface area contributed by atoms with Gasteiger partial charge in [-0.05, 0) is 31.5 Å². The molecule has 88 valence electrons. The van der Waals surface area contributed by atoms with Gasteiger partial charge in [-0.2, -0.15) is 0 Å². The zero-order chi connectivity index (χ0) is 12.3. The maximum atomic E-state index is 5.55. The fourth-order valence-electron chi connectivity index (χ4n) is 1.52. The Morgan fingerprint density at radius 1 is 1.18 bits per heavy atom. The highest BCUT2D eigenvalue weighted by atomic mass is 15.0. The second-order valence-electron chi connectivity index (χ2n) is 3.97. The standard InChI is InChI=1S/C13H16N4/c1-9-8-15-10(2)13(16-9)17-12-5-3-11(7-14)4-6-12/h3-6,8H,7,14H2,1-2H3,(H,16,17). The summed E-state index contributed by atoms with van der Waals surface area (Å²) in [5, 5.41) is 3.25. The molecule has 2 rings (SSSR count). The van der Waals surface area contributed by atoms with Crippen molar-refractivity contribution in [3.05, 3.63) is 47.4 Å². The number of nitrogens with one attached hydrogen (secondary N) is 1. The summed E-state index contributed by atoms with van der Waals surface area (Å²) in [6.45, 7) is 4.42. The Kier molecular flexibility index (Phi) is 3.35. The van der Waals surface area contributed by atoms with Gasteiger partial charge in [0.05, 0.1) is 11.4 Å². The minimum Gasteiger partial charge on any atom is -0.339 e. The quantitative estimate of drug-likeness (QED) is 0.846. The van der Waals surface area contributed by atoms with E-state index in [2.05, 4.69) is 15.3 Å². The number of hydrogen-bond donors (Lipinski definition) is 2. The van der Waals surface area contributed by atoms with Crippen molar-refractivity contribution in [3.8, 4) is 0 Å². The van der Waals surface area contributed by atoms with Gasteiger partial charge in [0.25, 0.3) is 0 Å². The molecule has 0 amide bonds. The Labute approximate surface area is 101 Å². The van der Waals surface area contributed by atoms with Crippen LogP contribution in [0, 0.1) is 13.8 Å². The molecule has 0 aliphatic carbocycles. The van der Waals surface area contributed by atoms with Crippen molar-refractivity contribution >= 4 is 11.5 Å². The molecular formula is C13H16N4. The van der Waals surface area contributed by atoms with E-state index in [1.54, 1.807) is 6.20 Å². The number of benzene rings is 1. The predicted molar refractivity (Wildman–Crippen MR) is 69.1 cm³/mol. The molecule has 0 atom stereocenters. The molecule has 4 heteroatoms. The van der Waals surface area contributed by atoms with Crippen LogP contribution in [0.1, 0.15) is 17.0 Å². The third-order valence-corrected chi connectivity index (χ3v) is 2.53. The van der Waals surface area contributed by atoms with Crippen molar-refractivity contribution in [1.29, 1.82) is 0 Å². The lowest BCUT2D eigenvalue weighted by molar-refractivity contribution is 1.06. The van der Waals surface area contributed by atoms with Crippen LogP contribution in [0.4, 0.5) is 11.5 Å². The van der Waals surface area contributed by atoms with Crippen LogP contribution in [0.3, 0.4) is 0 Å². The highest BCUT2D eigenvalue weighted by molar-refractivity contribution is 5.58. The first-order valence-electron chi connectivity index (χ1n) is 5.55. The van der Waals surface area contributed by atoms with Gasteiger partial charge in [0, 0.05) is 18.4 Å². The Morgan fingerprint density at radius 3 is 2.53 bits per heavy atom. The second-order valence-corrected chi connectivity index (χ2v) is 3.97. The largest absolute Gasteiger partial charge is 0.339 e. The van der Waals surface area contributed by atoms with E-state index in [4.69, 9.17) is 5.73 Å². The van der Waals surface area contributed by atoms with Crippen LogP contribution in [0.25, 0.3) is 0 Å². The van der Waals surface area contributed by atoms with Crippen molar-refractivity contribution in [2.45, 2.75) is 20.4 Å². The summed E-state index contributed by atoms with van der Waals surface area (Å²) in [4.78, 5) is 8.68. The Morgan fingerprint density at radius 2 is 1.88 bits per heavy atom. The molecular weight excluding hydrogens is 212 g/mol. The Bertz CT molecular complexity index is 505. The second kappa shape index (κ2) is 4.93. The van der Waals surface area contributed by atoms with Gasteiger partial charge in [0.15, 0.2) is 5.82 Å². The van der Waals surface area contributed by atoms with Crippen LogP contribution in [0.15, 0.2) is 30.5 Å². The number of aromatic nitrogens is 2. The number of hydrogen-bond acceptors (Lipinski definition) is 4. The van der Waals surface area contributed by atoms with E-state index in [1.807, 2.05) is 38.1 Å². The first kappa shape index (κ1) is 11.5. The minimum absolute atomic E-state index is 0.559. The molecule has 1 aromatic heterocycles. The van der Waals surface area contributed by atoms with Crippen molar-refractivity contribution < 1.29 is 0 Å². The first-order chi connectivity index (χ1) is 8.19. The molecule has 0 aliphatic rings. The van der Waals surface area contributed by atoms with Gasteiger partial charge in [0.2, 0.25) is 0 Å². The molecule has 1 heterocycles. The fourth-order valence-corrected chi connectivity index (χ4v) is 1.52. The van der Waals surface area contributed by atoms with Crippen LogP contribution in [0.2, 0.25) is 0 Å². The highest BCUT2D eigenvalue weighted by Crippen LogP contribution is 2.17. The highest BCUT2D eigenvalue weighted by Gasteiger charge is 2.02. The Hall–Kier alpha value is -1.94. The van der Waals surface area contributed by atoms with E-state index in [0.29, 0.717) is 6.54 Å². The monoisotopic (exact) mass is 228 g/mol. The predicted octanol–water partition coefficient (Wildman–Crippen LogP) is 2.30. The molecule has 0 unspecified atom stereocenters. The minimum atomic E-state index is 0.559. The van der Waals surface area contributed by atoms with Gasteiger partial charge >= 0.3 is 0 Å². The molecule has 2 aromatic rings. The van der Waals surface area contributed by atoms with Gasteiger partial charge in [-0.25, -0.2) is 4.98 Å². The molecule has 0 saturated carbocycles. The van der Waals surface area contributed by atoms with Gasteiger partial charge in [0.1, 0.15) is 0 Å². The smallest absolute Gasteiger partial charge is 0.152 e. The topological polar surface area (TPSA) is 63.8 Å². The molecule has 0 saturated heterocycles. The number of aryl methyl sites for hydroxylation is 2. The molecule has 4 nitrogen and oxygen atoms in total. The van der Waals surface area contributed by atoms with E-state index < -0.39 is 0 Å². The van der Waals surface area contributed by atoms with Gasteiger partial charge in [-0.15, -0.1) is 0 Å². The number of anilines is 2. The average molecular weight is 228 g/mol. The van der Waals surface area contributed by atoms with E-state index in [-0.39, 0.29) is 0 Å². The lowest BCUT2D eigenvalue weighted by Crippen LogP contribution is -2.00. The number of nitrogens with two attached hydrogens (primary N) is 1. The summed E-state index contributed by atoms with van der Waals surface area (Å²) >= 11 is 0. The molecule has 17 heavy (non-hydrogen) atoms. The molecule has 1 aromatic carbocycles. The molecule has 0 fully saturated rings. The van der Waals surface area contributed by atoms with Gasteiger partial charge < -0.3 is 11.1 Å². The van der Waals surface area contributed by atoms with Crippen LogP contribution in [-0.4, -0.2) is 9.97 Å². The normalized spacial score (nSPS) is 10.3. The lowest BCUT2D eigenvalue weighted by Gasteiger charge is -2.09. The summed E-state index contributed by atoms with van der Waals surface area (Å²) in [5.74, 6) is 0.797.